The second-order valence-corrected chi connectivity index (χ2v) is 7.46. The second kappa shape index (κ2) is 5.79. The molecule has 1 heterocycles. The van der Waals surface area contributed by atoms with Gasteiger partial charge in [0.2, 0.25) is 15.9 Å². The SMILES string of the molecule is CC(C)=CCN1C(C)C(=O)Nc2ccc(Cl)cc2S1(=O)=O. The van der Waals surface area contributed by atoms with Crippen LogP contribution in [-0.4, -0.2) is 31.2 Å². The molecule has 0 radical (unpaired) electrons. The quantitative estimate of drug-likeness (QED) is 0.849. The van der Waals surface area contributed by atoms with E-state index in [1.165, 1.54) is 16.4 Å². The summed E-state index contributed by atoms with van der Waals surface area (Å²) in [4.78, 5) is 12.2. The minimum Gasteiger partial charge on any atom is -0.323 e. The number of nitrogens with zero attached hydrogens (tertiary/aromatic N) is 1. The lowest BCUT2D eigenvalue weighted by Crippen LogP contribution is -2.43. The van der Waals surface area contributed by atoms with E-state index in [2.05, 4.69) is 5.32 Å². The Morgan fingerprint density at radius 2 is 2.10 bits per heavy atom. The molecule has 0 saturated carbocycles. The molecule has 0 aliphatic carbocycles. The number of sulfonamides is 1. The van der Waals surface area contributed by atoms with Crippen molar-refractivity contribution in [3.05, 3.63) is 34.9 Å². The van der Waals surface area contributed by atoms with Crippen LogP contribution in [0, 0.1) is 0 Å². The van der Waals surface area contributed by atoms with E-state index in [4.69, 9.17) is 11.6 Å². The molecule has 0 bridgehead atoms. The van der Waals surface area contributed by atoms with Crippen molar-refractivity contribution < 1.29 is 13.2 Å². The van der Waals surface area contributed by atoms with Crippen molar-refractivity contribution in [2.24, 2.45) is 0 Å². The van der Waals surface area contributed by atoms with Crippen molar-refractivity contribution in [1.82, 2.24) is 4.31 Å². The third-order valence-corrected chi connectivity index (χ3v) is 5.49. The van der Waals surface area contributed by atoms with E-state index in [0.717, 1.165) is 5.57 Å². The first-order valence-electron chi connectivity index (χ1n) is 6.49. The lowest BCUT2D eigenvalue weighted by atomic mass is 10.2. The van der Waals surface area contributed by atoms with Gasteiger partial charge in [-0.15, -0.1) is 0 Å². The maximum absolute atomic E-state index is 12.8. The molecule has 1 amide bonds. The first-order chi connectivity index (χ1) is 9.73. The van der Waals surface area contributed by atoms with Gasteiger partial charge in [0.25, 0.3) is 0 Å². The zero-order valence-corrected chi connectivity index (χ0v) is 13.6. The van der Waals surface area contributed by atoms with Crippen molar-refractivity contribution >= 4 is 33.2 Å². The fourth-order valence-electron chi connectivity index (χ4n) is 2.04. The van der Waals surface area contributed by atoms with Crippen LogP contribution in [0.4, 0.5) is 5.69 Å². The topological polar surface area (TPSA) is 66.5 Å². The molecule has 7 heteroatoms. The van der Waals surface area contributed by atoms with Gasteiger partial charge in [-0.2, -0.15) is 4.31 Å². The third-order valence-electron chi connectivity index (χ3n) is 3.28. The molecular weight excluding hydrogens is 312 g/mol. The fourth-order valence-corrected chi connectivity index (χ4v) is 3.99. The third kappa shape index (κ3) is 3.12. The monoisotopic (exact) mass is 328 g/mol. The Bertz CT molecular complexity index is 709. The molecule has 1 aromatic rings. The van der Waals surface area contributed by atoms with Crippen molar-refractivity contribution in [2.45, 2.75) is 31.7 Å². The smallest absolute Gasteiger partial charge is 0.246 e. The van der Waals surface area contributed by atoms with Gasteiger partial charge in [-0.25, -0.2) is 8.42 Å². The molecular formula is C14H17ClN2O3S. The van der Waals surface area contributed by atoms with Gasteiger partial charge in [-0.1, -0.05) is 23.3 Å². The molecule has 114 valence electrons. The summed E-state index contributed by atoms with van der Waals surface area (Å²) in [7, 11) is -3.80. The highest BCUT2D eigenvalue weighted by Gasteiger charge is 2.37. The van der Waals surface area contributed by atoms with E-state index >= 15 is 0 Å². The first kappa shape index (κ1) is 16.0. The van der Waals surface area contributed by atoms with E-state index < -0.39 is 16.1 Å². The van der Waals surface area contributed by atoms with Crippen LogP contribution in [0.5, 0.6) is 0 Å². The van der Waals surface area contributed by atoms with Gasteiger partial charge in [0.05, 0.1) is 5.69 Å². The number of nitrogens with one attached hydrogen (secondary N) is 1. The number of hydrogen-bond donors (Lipinski definition) is 1. The number of benzene rings is 1. The van der Waals surface area contributed by atoms with Crippen molar-refractivity contribution in [3.8, 4) is 0 Å². The Kier molecular flexibility index (Phi) is 4.41. The maximum atomic E-state index is 12.8. The summed E-state index contributed by atoms with van der Waals surface area (Å²) in [5, 5.41) is 2.94. The molecule has 1 unspecified atom stereocenters. The number of allylic oxidation sites excluding steroid dienone is 1. The van der Waals surface area contributed by atoms with Crippen LogP contribution in [0.3, 0.4) is 0 Å². The fraction of sp³-hybridized carbons (Fsp3) is 0.357. The Hall–Kier alpha value is -1.37. The van der Waals surface area contributed by atoms with Gasteiger partial charge in [0.15, 0.2) is 0 Å². The number of fused-ring (bicyclic) bond motifs is 1. The summed E-state index contributed by atoms with van der Waals surface area (Å²) >= 11 is 5.90. The Morgan fingerprint density at radius 1 is 1.43 bits per heavy atom. The number of hydrogen-bond acceptors (Lipinski definition) is 3. The lowest BCUT2D eigenvalue weighted by molar-refractivity contribution is -0.119. The standard InChI is InChI=1S/C14H17ClN2O3S/c1-9(2)6-7-17-10(3)14(18)16-12-5-4-11(15)8-13(12)21(17,19)20/h4-6,8,10H,7H2,1-3H3,(H,16,18). The zero-order valence-electron chi connectivity index (χ0n) is 12.1. The van der Waals surface area contributed by atoms with E-state index in [1.54, 1.807) is 19.1 Å². The molecule has 2 rings (SSSR count). The number of rotatable bonds is 2. The van der Waals surface area contributed by atoms with Crippen molar-refractivity contribution in [2.75, 3.05) is 11.9 Å². The predicted octanol–water partition coefficient (Wildman–Crippen LogP) is 2.64. The molecule has 1 aliphatic heterocycles. The summed E-state index contributed by atoms with van der Waals surface area (Å²) < 4.78 is 26.8. The average molecular weight is 329 g/mol. The number of halogens is 1. The van der Waals surface area contributed by atoms with Gasteiger partial charge in [-0.05, 0) is 39.0 Å². The number of anilines is 1. The van der Waals surface area contributed by atoms with E-state index in [1.807, 2.05) is 13.8 Å². The Balaban J connectivity index is 2.60. The van der Waals surface area contributed by atoms with Crippen LogP contribution in [0.15, 0.2) is 34.7 Å². The predicted molar refractivity (Wildman–Crippen MR) is 82.9 cm³/mol. The molecule has 0 saturated heterocycles. The number of amides is 1. The second-order valence-electron chi connectivity index (χ2n) is 5.16. The zero-order chi connectivity index (χ0) is 15.8. The van der Waals surface area contributed by atoms with E-state index in [9.17, 15) is 13.2 Å². The molecule has 0 aromatic heterocycles. The van der Waals surface area contributed by atoms with Crippen molar-refractivity contribution in [3.63, 3.8) is 0 Å². The lowest BCUT2D eigenvalue weighted by Gasteiger charge is -2.23. The maximum Gasteiger partial charge on any atom is 0.246 e. The van der Waals surface area contributed by atoms with Crippen molar-refractivity contribution in [1.29, 1.82) is 0 Å². The molecule has 1 aromatic carbocycles. The van der Waals surface area contributed by atoms with Gasteiger partial charge in [0, 0.05) is 11.6 Å². The summed E-state index contributed by atoms with van der Waals surface area (Å²) in [6.07, 6.45) is 1.77. The van der Waals surface area contributed by atoms with Crippen LogP contribution in [0.1, 0.15) is 20.8 Å². The van der Waals surface area contributed by atoms with E-state index in [-0.39, 0.29) is 23.0 Å². The minimum atomic E-state index is -3.80. The van der Waals surface area contributed by atoms with Gasteiger partial charge in [0.1, 0.15) is 10.9 Å². The molecule has 5 nitrogen and oxygen atoms in total. The molecule has 1 atom stereocenters. The summed E-state index contributed by atoms with van der Waals surface area (Å²) in [5.41, 5.74) is 1.24. The van der Waals surface area contributed by atoms with E-state index in [0.29, 0.717) is 5.02 Å². The number of carbonyl (C=O) groups excluding carboxylic acids is 1. The van der Waals surface area contributed by atoms with Gasteiger partial charge in [-0.3, -0.25) is 4.79 Å². The van der Waals surface area contributed by atoms with Crippen LogP contribution >= 0.6 is 11.6 Å². The van der Waals surface area contributed by atoms with Gasteiger partial charge >= 0.3 is 0 Å². The van der Waals surface area contributed by atoms with Crippen LogP contribution in [-0.2, 0) is 14.8 Å². The molecule has 0 fully saturated rings. The van der Waals surface area contributed by atoms with Crippen LogP contribution in [0.2, 0.25) is 5.02 Å². The number of carbonyl (C=O) groups is 1. The first-order valence-corrected chi connectivity index (χ1v) is 8.31. The molecule has 21 heavy (non-hydrogen) atoms. The Morgan fingerprint density at radius 3 is 2.71 bits per heavy atom. The highest BCUT2D eigenvalue weighted by Crippen LogP contribution is 2.31. The molecule has 1 aliphatic rings. The summed E-state index contributed by atoms with van der Waals surface area (Å²) in [6.45, 7) is 5.46. The Labute approximate surface area is 129 Å². The minimum absolute atomic E-state index is 0.0230. The summed E-state index contributed by atoms with van der Waals surface area (Å²) in [6, 6.07) is 3.62. The van der Waals surface area contributed by atoms with Gasteiger partial charge < -0.3 is 5.32 Å². The highest BCUT2D eigenvalue weighted by molar-refractivity contribution is 7.89. The molecule has 1 N–H and O–H groups in total. The highest BCUT2D eigenvalue weighted by atomic mass is 35.5. The normalized spacial score (nSPS) is 21.1. The van der Waals surface area contributed by atoms with Crippen LogP contribution < -0.4 is 5.32 Å². The average Bonchev–Trinajstić information content (AvgIpc) is 2.45. The largest absolute Gasteiger partial charge is 0.323 e. The molecule has 0 spiro atoms. The summed E-state index contributed by atoms with van der Waals surface area (Å²) in [5.74, 6) is -0.359. The van der Waals surface area contributed by atoms with Crippen LogP contribution in [0.25, 0.3) is 0 Å².